The number of rotatable bonds is 5. The summed E-state index contributed by atoms with van der Waals surface area (Å²) in [4.78, 5) is 13.2. The predicted molar refractivity (Wildman–Crippen MR) is 114 cm³/mol. The van der Waals surface area contributed by atoms with Gasteiger partial charge in [-0.1, -0.05) is 23.9 Å². The van der Waals surface area contributed by atoms with Crippen molar-refractivity contribution in [2.45, 2.75) is 31.0 Å². The van der Waals surface area contributed by atoms with Gasteiger partial charge in [0.05, 0.1) is 13.7 Å². The van der Waals surface area contributed by atoms with Crippen LogP contribution in [0, 0.1) is 0 Å². The molecular formula is C22H22N4O3S. The minimum atomic E-state index is -0.117. The van der Waals surface area contributed by atoms with Crippen LogP contribution in [-0.2, 0) is 19.4 Å². The van der Waals surface area contributed by atoms with E-state index in [-0.39, 0.29) is 12.5 Å². The van der Waals surface area contributed by atoms with Crippen LogP contribution in [0.1, 0.15) is 33.7 Å². The summed E-state index contributed by atoms with van der Waals surface area (Å²) in [5, 5.41) is 10.9. The molecule has 2 heterocycles. The third-order valence-electron chi connectivity index (χ3n) is 5.44. The molecule has 2 aliphatic rings. The quantitative estimate of drug-likeness (QED) is 0.629. The van der Waals surface area contributed by atoms with E-state index in [2.05, 4.69) is 22.3 Å². The molecule has 2 aromatic carbocycles. The van der Waals surface area contributed by atoms with Crippen molar-refractivity contribution in [1.82, 2.24) is 14.9 Å². The number of thioether (sulfide) groups is 1. The molecule has 154 valence electrons. The standard InChI is InChI=1S/C22H22N4O3S/c1-28-18-7-3-6-17(13-18)21(27)25-10-11-30-22-24-23-20(26(22)25)14-29-19-9-8-15-4-2-5-16(15)12-19/h3,6-9,12-13H,2,4-5,10-11,14H2,1H3. The minimum absolute atomic E-state index is 0.117. The summed E-state index contributed by atoms with van der Waals surface area (Å²) in [5.41, 5.74) is 3.33. The van der Waals surface area contributed by atoms with Crippen molar-refractivity contribution in [3.8, 4) is 11.5 Å². The van der Waals surface area contributed by atoms with Crippen LogP contribution in [0.25, 0.3) is 0 Å². The smallest absolute Gasteiger partial charge is 0.272 e. The first-order valence-electron chi connectivity index (χ1n) is 10.0. The number of fused-ring (bicyclic) bond motifs is 2. The van der Waals surface area contributed by atoms with Gasteiger partial charge in [-0.2, -0.15) is 0 Å². The number of amides is 1. The second-order valence-electron chi connectivity index (χ2n) is 7.29. The molecule has 0 radical (unpaired) electrons. The van der Waals surface area contributed by atoms with Gasteiger partial charge >= 0.3 is 0 Å². The van der Waals surface area contributed by atoms with Gasteiger partial charge in [-0.25, -0.2) is 9.69 Å². The SMILES string of the molecule is COc1cccc(C(=O)N2CCSc3nnc(COc4ccc5c(c4)CCC5)n32)c1. The number of hydrogen-bond donors (Lipinski definition) is 0. The largest absolute Gasteiger partial charge is 0.497 e. The molecule has 30 heavy (non-hydrogen) atoms. The predicted octanol–water partition coefficient (Wildman–Crippen LogP) is 3.24. The van der Waals surface area contributed by atoms with Crippen LogP contribution < -0.4 is 14.5 Å². The molecule has 0 N–H and O–H groups in total. The first-order chi connectivity index (χ1) is 14.7. The van der Waals surface area contributed by atoms with Crippen LogP contribution in [0.2, 0.25) is 0 Å². The zero-order valence-electron chi connectivity index (χ0n) is 16.7. The van der Waals surface area contributed by atoms with Gasteiger partial charge < -0.3 is 9.47 Å². The lowest BCUT2D eigenvalue weighted by Gasteiger charge is -2.29. The van der Waals surface area contributed by atoms with Gasteiger partial charge in [0.25, 0.3) is 5.91 Å². The van der Waals surface area contributed by atoms with Gasteiger partial charge in [-0.3, -0.25) is 4.79 Å². The maximum atomic E-state index is 13.2. The number of carbonyl (C=O) groups excluding carboxylic acids is 1. The van der Waals surface area contributed by atoms with Crippen LogP contribution in [0.15, 0.2) is 47.6 Å². The Labute approximate surface area is 179 Å². The fraction of sp³-hybridized carbons (Fsp3) is 0.318. The lowest BCUT2D eigenvalue weighted by Crippen LogP contribution is -2.45. The lowest BCUT2D eigenvalue weighted by molar-refractivity contribution is 0.0952. The molecule has 1 amide bonds. The van der Waals surface area contributed by atoms with Gasteiger partial charge in [0.15, 0.2) is 5.82 Å². The Balaban J connectivity index is 1.38. The summed E-state index contributed by atoms with van der Waals surface area (Å²) >= 11 is 1.59. The highest BCUT2D eigenvalue weighted by Gasteiger charge is 2.28. The fourth-order valence-corrected chi connectivity index (χ4v) is 4.80. The molecule has 0 saturated carbocycles. The zero-order chi connectivity index (χ0) is 20.5. The van der Waals surface area contributed by atoms with Gasteiger partial charge in [0, 0.05) is 11.3 Å². The summed E-state index contributed by atoms with van der Waals surface area (Å²) in [5.74, 6) is 2.72. The van der Waals surface area contributed by atoms with E-state index in [0.717, 1.165) is 24.3 Å². The lowest BCUT2D eigenvalue weighted by atomic mass is 10.1. The van der Waals surface area contributed by atoms with E-state index in [1.807, 2.05) is 18.2 Å². The number of aromatic nitrogens is 3. The summed E-state index contributed by atoms with van der Waals surface area (Å²) < 4.78 is 13.1. The molecule has 0 unspecified atom stereocenters. The van der Waals surface area contributed by atoms with Gasteiger partial charge in [-0.05, 0) is 60.7 Å². The second-order valence-corrected chi connectivity index (χ2v) is 8.35. The average Bonchev–Trinajstić information content (AvgIpc) is 3.43. The summed E-state index contributed by atoms with van der Waals surface area (Å²) in [7, 11) is 1.59. The summed E-state index contributed by atoms with van der Waals surface area (Å²) in [6.45, 7) is 0.811. The van der Waals surface area contributed by atoms with E-state index in [9.17, 15) is 4.79 Å². The Morgan fingerprint density at radius 1 is 1.10 bits per heavy atom. The Bertz CT molecular complexity index is 1100. The highest BCUT2D eigenvalue weighted by molar-refractivity contribution is 7.99. The summed E-state index contributed by atoms with van der Waals surface area (Å²) in [6, 6.07) is 13.4. The van der Waals surface area contributed by atoms with E-state index in [0.29, 0.717) is 28.8 Å². The molecule has 0 fully saturated rings. The van der Waals surface area contributed by atoms with Crippen molar-refractivity contribution < 1.29 is 14.3 Å². The number of benzene rings is 2. The van der Waals surface area contributed by atoms with Gasteiger partial charge in [0.1, 0.15) is 18.1 Å². The maximum absolute atomic E-state index is 13.2. The molecule has 0 atom stereocenters. The molecule has 0 bridgehead atoms. The topological polar surface area (TPSA) is 69.5 Å². The molecule has 1 aliphatic carbocycles. The van der Waals surface area contributed by atoms with Crippen LogP contribution in [0.4, 0.5) is 0 Å². The third-order valence-corrected chi connectivity index (χ3v) is 6.34. The van der Waals surface area contributed by atoms with E-state index in [1.54, 1.807) is 40.7 Å². The molecular weight excluding hydrogens is 400 g/mol. The normalized spacial score (nSPS) is 14.9. The average molecular weight is 423 g/mol. The Kier molecular flexibility index (Phi) is 5.08. The van der Waals surface area contributed by atoms with Crippen molar-refractivity contribution in [1.29, 1.82) is 0 Å². The number of methoxy groups -OCH3 is 1. The first kappa shape index (κ1) is 19.0. The number of aryl methyl sites for hydroxylation is 2. The highest BCUT2D eigenvalue weighted by atomic mass is 32.2. The molecule has 8 heteroatoms. The Morgan fingerprint density at radius 3 is 2.90 bits per heavy atom. The van der Waals surface area contributed by atoms with E-state index >= 15 is 0 Å². The third kappa shape index (κ3) is 3.52. The molecule has 1 aliphatic heterocycles. The number of hydrogen-bond acceptors (Lipinski definition) is 6. The second kappa shape index (κ2) is 8.02. The van der Waals surface area contributed by atoms with Crippen molar-refractivity contribution >= 4 is 17.7 Å². The molecule has 0 saturated heterocycles. The molecule has 0 spiro atoms. The van der Waals surface area contributed by atoms with Crippen LogP contribution in [0.3, 0.4) is 0 Å². The fourth-order valence-electron chi connectivity index (χ4n) is 3.92. The molecule has 7 nitrogen and oxygen atoms in total. The molecule has 3 aromatic rings. The van der Waals surface area contributed by atoms with Crippen LogP contribution in [-0.4, -0.2) is 40.2 Å². The number of nitrogens with zero attached hydrogens (tertiary/aromatic N) is 4. The zero-order valence-corrected chi connectivity index (χ0v) is 17.5. The minimum Gasteiger partial charge on any atom is -0.497 e. The van der Waals surface area contributed by atoms with Crippen molar-refractivity contribution in [2.75, 3.05) is 24.4 Å². The molecule has 5 rings (SSSR count). The van der Waals surface area contributed by atoms with E-state index in [4.69, 9.17) is 9.47 Å². The van der Waals surface area contributed by atoms with Crippen molar-refractivity contribution in [3.63, 3.8) is 0 Å². The van der Waals surface area contributed by atoms with Crippen LogP contribution in [0.5, 0.6) is 11.5 Å². The highest BCUT2D eigenvalue weighted by Crippen LogP contribution is 2.28. The number of carbonyl (C=O) groups is 1. The van der Waals surface area contributed by atoms with Crippen LogP contribution >= 0.6 is 11.8 Å². The monoisotopic (exact) mass is 422 g/mol. The summed E-state index contributed by atoms with van der Waals surface area (Å²) in [6.07, 6.45) is 3.45. The van der Waals surface area contributed by atoms with Crippen molar-refractivity contribution in [2.24, 2.45) is 0 Å². The Hall–Kier alpha value is -3.00. The number of ether oxygens (including phenoxy) is 2. The Morgan fingerprint density at radius 2 is 2.00 bits per heavy atom. The van der Waals surface area contributed by atoms with E-state index < -0.39 is 0 Å². The molecule has 1 aromatic heterocycles. The van der Waals surface area contributed by atoms with E-state index in [1.165, 1.54) is 17.5 Å². The van der Waals surface area contributed by atoms with Crippen molar-refractivity contribution in [3.05, 3.63) is 65.0 Å². The maximum Gasteiger partial charge on any atom is 0.272 e. The first-order valence-corrected chi connectivity index (χ1v) is 11.0. The van der Waals surface area contributed by atoms with Gasteiger partial charge in [-0.15, -0.1) is 10.2 Å². The van der Waals surface area contributed by atoms with Gasteiger partial charge in [0.2, 0.25) is 5.16 Å².